The maximum Gasteiger partial charge on any atom is 0.328 e. The van der Waals surface area contributed by atoms with Crippen molar-refractivity contribution in [3.8, 4) is 5.75 Å². The summed E-state index contributed by atoms with van der Waals surface area (Å²) in [5.41, 5.74) is 0.568. The Labute approximate surface area is 125 Å². The first-order valence-electron chi connectivity index (χ1n) is 7.08. The largest absolute Gasteiger partial charge is 0.497 e. The number of carbonyl (C=O) groups is 2. The van der Waals surface area contributed by atoms with Crippen LogP contribution < -0.4 is 15.0 Å². The predicted octanol–water partition coefficient (Wildman–Crippen LogP) is 2.80. The molecule has 1 fully saturated rings. The van der Waals surface area contributed by atoms with E-state index in [0.717, 1.165) is 6.42 Å². The summed E-state index contributed by atoms with van der Waals surface area (Å²) in [5, 5.41) is 2.80. The highest BCUT2D eigenvalue weighted by Crippen LogP contribution is 2.30. The fraction of sp³-hybridized carbons (Fsp3) is 0.500. The van der Waals surface area contributed by atoms with Crippen LogP contribution in [0.25, 0.3) is 0 Å². The Morgan fingerprint density at radius 1 is 1.33 bits per heavy atom. The van der Waals surface area contributed by atoms with Crippen LogP contribution in [0.15, 0.2) is 24.3 Å². The highest BCUT2D eigenvalue weighted by molar-refractivity contribution is 6.16. The number of hydrogen-bond acceptors (Lipinski definition) is 3. The van der Waals surface area contributed by atoms with Gasteiger partial charge in [0.05, 0.1) is 18.7 Å². The van der Waals surface area contributed by atoms with Crippen LogP contribution in [0, 0.1) is 11.3 Å². The molecule has 0 aliphatic carbocycles. The smallest absolute Gasteiger partial charge is 0.328 e. The minimum atomic E-state index is -0.376. The number of urea groups is 1. The highest BCUT2D eigenvalue weighted by Gasteiger charge is 2.37. The summed E-state index contributed by atoms with van der Waals surface area (Å²) in [7, 11) is 1.56. The second-order valence-electron chi connectivity index (χ2n) is 6.52. The molecule has 21 heavy (non-hydrogen) atoms. The molecule has 0 spiro atoms. The van der Waals surface area contributed by atoms with Crippen LogP contribution in [0.1, 0.15) is 27.2 Å². The minimum Gasteiger partial charge on any atom is -0.497 e. The van der Waals surface area contributed by atoms with Gasteiger partial charge in [0.1, 0.15) is 5.75 Å². The second-order valence-corrected chi connectivity index (χ2v) is 6.52. The molecule has 0 aromatic heterocycles. The number of ether oxygens (including phenoxy) is 1. The number of rotatable bonds is 3. The maximum absolute atomic E-state index is 12.6. The number of amides is 3. The lowest BCUT2D eigenvalue weighted by Crippen LogP contribution is -2.55. The first kappa shape index (κ1) is 15.4. The molecule has 1 aromatic carbocycles. The number of nitrogens with zero attached hydrogens (tertiary/aromatic N) is 1. The Balaban J connectivity index is 2.27. The number of imide groups is 1. The third-order valence-electron chi connectivity index (χ3n) is 3.44. The summed E-state index contributed by atoms with van der Waals surface area (Å²) >= 11 is 0. The summed E-state index contributed by atoms with van der Waals surface area (Å²) in [4.78, 5) is 25.9. The molecule has 1 atom stereocenters. The van der Waals surface area contributed by atoms with Crippen molar-refractivity contribution in [2.24, 2.45) is 11.3 Å². The van der Waals surface area contributed by atoms with Gasteiger partial charge in [0.25, 0.3) is 0 Å². The fourth-order valence-electron chi connectivity index (χ4n) is 2.55. The van der Waals surface area contributed by atoms with Gasteiger partial charge in [-0.1, -0.05) is 26.8 Å². The van der Waals surface area contributed by atoms with Crippen molar-refractivity contribution in [2.75, 3.05) is 18.6 Å². The van der Waals surface area contributed by atoms with Crippen LogP contribution in [-0.4, -0.2) is 25.6 Å². The van der Waals surface area contributed by atoms with Crippen LogP contribution in [0.4, 0.5) is 10.5 Å². The Hall–Kier alpha value is -2.04. The van der Waals surface area contributed by atoms with Crippen molar-refractivity contribution in [1.82, 2.24) is 5.32 Å². The van der Waals surface area contributed by atoms with Crippen LogP contribution >= 0.6 is 0 Å². The van der Waals surface area contributed by atoms with Gasteiger partial charge in [-0.3, -0.25) is 4.79 Å². The van der Waals surface area contributed by atoms with Crippen LogP contribution in [0.2, 0.25) is 0 Å². The van der Waals surface area contributed by atoms with Gasteiger partial charge < -0.3 is 10.1 Å². The highest BCUT2D eigenvalue weighted by atomic mass is 16.5. The molecular weight excluding hydrogens is 268 g/mol. The number of nitrogens with one attached hydrogen (secondary N) is 1. The fourth-order valence-corrected chi connectivity index (χ4v) is 2.55. The normalized spacial score (nSPS) is 19.4. The van der Waals surface area contributed by atoms with E-state index < -0.39 is 0 Å². The van der Waals surface area contributed by atoms with Crippen LogP contribution in [0.3, 0.4) is 0 Å². The third-order valence-corrected chi connectivity index (χ3v) is 3.44. The van der Waals surface area contributed by atoms with E-state index in [1.54, 1.807) is 31.4 Å². The Morgan fingerprint density at radius 3 is 2.67 bits per heavy atom. The van der Waals surface area contributed by atoms with Gasteiger partial charge in [-0.05, 0) is 24.0 Å². The first-order valence-corrected chi connectivity index (χ1v) is 7.08. The summed E-state index contributed by atoms with van der Waals surface area (Å²) < 4.78 is 5.15. The van der Waals surface area contributed by atoms with Gasteiger partial charge in [-0.2, -0.15) is 0 Å². The van der Waals surface area contributed by atoms with E-state index in [2.05, 4.69) is 26.1 Å². The van der Waals surface area contributed by atoms with Crippen LogP contribution in [-0.2, 0) is 4.79 Å². The molecule has 1 aliphatic heterocycles. The number of carbonyl (C=O) groups excluding carboxylic acids is 2. The van der Waals surface area contributed by atoms with Crippen molar-refractivity contribution >= 4 is 17.6 Å². The van der Waals surface area contributed by atoms with E-state index in [0.29, 0.717) is 18.0 Å². The predicted molar refractivity (Wildman–Crippen MR) is 81.4 cm³/mol. The Kier molecular flexibility index (Phi) is 4.21. The molecule has 3 amide bonds. The third kappa shape index (κ3) is 3.54. The number of hydrogen-bond donors (Lipinski definition) is 1. The molecule has 1 aliphatic rings. The summed E-state index contributed by atoms with van der Waals surface area (Å²) in [6.07, 6.45) is 0.729. The topological polar surface area (TPSA) is 58.6 Å². The zero-order valence-electron chi connectivity index (χ0n) is 13.0. The monoisotopic (exact) mass is 290 g/mol. The molecule has 1 heterocycles. The van der Waals surface area contributed by atoms with Gasteiger partial charge in [-0.15, -0.1) is 0 Å². The molecule has 0 bridgehead atoms. The quantitative estimate of drug-likeness (QED) is 0.931. The van der Waals surface area contributed by atoms with Gasteiger partial charge in [0, 0.05) is 12.6 Å². The summed E-state index contributed by atoms with van der Waals surface area (Å²) in [6, 6.07) is 6.60. The van der Waals surface area contributed by atoms with E-state index >= 15 is 0 Å². The van der Waals surface area contributed by atoms with E-state index in [1.165, 1.54) is 4.90 Å². The van der Waals surface area contributed by atoms with Gasteiger partial charge in [-0.25, -0.2) is 9.69 Å². The lowest BCUT2D eigenvalue weighted by molar-refractivity contribution is -0.123. The minimum absolute atomic E-state index is 0.0302. The van der Waals surface area contributed by atoms with Crippen molar-refractivity contribution in [3.63, 3.8) is 0 Å². The van der Waals surface area contributed by atoms with Crippen molar-refractivity contribution in [1.29, 1.82) is 0 Å². The van der Waals surface area contributed by atoms with Gasteiger partial charge in [0.2, 0.25) is 5.91 Å². The van der Waals surface area contributed by atoms with Crippen molar-refractivity contribution < 1.29 is 14.3 Å². The van der Waals surface area contributed by atoms with Crippen LogP contribution in [0.5, 0.6) is 5.75 Å². The molecule has 5 heteroatoms. The SMILES string of the molecule is COc1cccc(N2C(=O)NCC(CC(C)(C)C)C2=O)c1. The van der Waals surface area contributed by atoms with Gasteiger partial charge >= 0.3 is 6.03 Å². The molecule has 1 N–H and O–H groups in total. The standard InChI is InChI=1S/C16H22N2O3/c1-16(2,3)9-11-10-17-15(20)18(14(11)19)12-6-5-7-13(8-12)21-4/h5-8,11H,9-10H2,1-4H3,(H,17,20). The lowest BCUT2D eigenvalue weighted by Gasteiger charge is -2.34. The lowest BCUT2D eigenvalue weighted by atomic mass is 9.83. The van der Waals surface area contributed by atoms with E-state index in [1.807, 2.05) is 0 Å². The molecule has 0 saturated carbocycles. The average molecular weight is 290 g/mol. The summed E-state index contributed by atoms with van der Waals surface area (Å²) in [6.45, 7) is 6.67. The molecule has 1 aromatic rings. The molecule has 2 rings (SSSR count). The summed E-state index contributed by atoms with van der Waals surface area (Å²) in [5.74, 6) is 0.266. The Morgan fingerprint density at radius 2 is 2.05 bits per heavy atom. The zero-order chi connectivity index (χ0) is 15.6. The van der Waals surface area contributed by atoms with Gasteiger partial charge in [0.15, 0.2) is 0 Å². The number of methoxy groups -OCH3 is 1. The zero-order valence-corrected chi connectivity index (χ0v) is 13.0. The van der Waals surface area contributed by atoms with Crippen molar-refractivity contribution in [2.45, 2.75) is 27.2 Å². The molecule has 1 unspecified atom stereocenters. The maximum atomic E-state index is 12.6. The van der Waals surface area contributed by atoms with E-state index in [4.69, 9.17) is 4.74 Å². The molecule has 114 valence electrons. The van der Waals surface area contributed by atoms with E-state index in [9.17, 15) is 9.59 Å². The molecule has 5 nitrogen and oxygen atoms in total. The van der Waals surface area contributed by atoms with E-state index in [-0.39, 0.29) is 23.3 Å². The Bertz CT molecular complexity index is 549. The number of benzene rings is 1. The molecule has 0 radical (unpaired) electrons. The number of anilines is 1. The first-order chi connectivity index (χ1) is 9.81. The second kappa shape index (κ2) is 5.76. The average Bonchev–Trinajstić information content (AvgIpc) is 2.41. The molecular formula is C16H22N2O3. The molecule has 1 saturated heterocycles. The van der Waals surface area contributed by atoms with Crippen molar-refractivity contribution in [3.05, 3.63) is 24.3 Å².